The van der Waals surface area contributed by atoms with Crippen LogP contribution in [0.2, 0.25) is 0 Å². The van der Waals surface area contributed by atoms with Crippen LogP contribution in [0.15, 0.2) is 66.9 Å². The molecule has 0 spiro atoms. The van der Waals surface area contributed by atoms with Crippen LogP contribution in [0.3, 0.4) is 0 Å². The summed E-state index contributed by atoms with van der Waals surface area (Å²) in [4.78, 5) is 12.9. The fourth-order valence-electron chi connectivity index (χ4n) is 4.96. The number of allylic oxidation sites excluding steroid dienone is 1. The zero-order chi connectivity index (χ0) is 26.5. The molecule has 0 saturated carbocycles. The normalized spacial score (nSPS) is 15.5. The number of benzene rings is 3. The first-order valence-electron chi connectivity index (χ1n) is 12.1. The van der Waals surface area contributed by atoms with Gasteiger partial charge in [-0.15, -0.1) is 0 Å². The second-order valence-corrected chi connectivity index (χ2v) is 8.84. The van der Waals surface area contributed by atoms with Gasteiger partial charge in [0.2, 0.25) is 0 Å². The maximum Gasteiger partial charge on any atom is 0.328 e. The Morgan fingerprint density at radius 1 is 1.16 bits per heavy atom. The Morgan fingerprint density at radius 2 is 1.89 bits per heavy atom. The maximum atomic E-state index is 15.7. The van der Waals surface area contributed by atoms with Crippen molar-refractivity contribution in [1.82, 2.24) is 5.32 Å². The number of rotatable bonds is 8. The third-order valence-corrected chi connectivity index (χ3v) is 6.64. The van der Waals surface area contributed by atoms with E-state index in [-0.39, 0.29) is 11.1 Å². The molecular weight excluding hydrogens is 472 g/mol. The molecule has 0 radical (unpaired) electrons. The van der Waals surface area contributed by atoms with Gasteiger partial charge < -0.3 is 20.7 Å². The van der Waals surface area contributed by atoms with Crippen LogP contribution in [-0.4, -0.2) is 30.9 Å². The van der Waals surface area contributed by atoms with E-state index in [9.17, 15) is 4.79 Å². The molecule has 3 aromatic rings. The van der Waals surface area contributed by atoms with E-state index in [1.165, 1.54) is 24.4 Å². The van der Waals surface area contributed by atoms with Crippen molar-refractivity contribution in [2.45, 2.75) is 25.8 Å². The molecule has 37 heavy (non-hydrogen) atoms. The van der Waals surface area contributed by atoms with Crippen molar-refractivity contribution in [2.75, 3.05) is 18.5 Å². The number of carbonyl (C=O) groups is 1. The van der Waals surface area contributed by atoms with E-state index in [0.717, 1.165) is 40.4 Å². The average Bonchev–Trinajstić information content (AvgIpc) is 2.89. The van der Waals surface area contributed by atoms with Crippen molar-refractivity contribution in [1.29, 1.82) is 5.41 Å². The van der Waals surface area contributed by atoms with Gasteiger partial charge in [-0.3, -0.25) is 0 Å². The van der Waals surface area contributed by atoms with Gasteiger partial charge >= 0.3 is 5.97 Å². The highest BCUT2D eigenvalue weighted by Gasteiger charge is 2.34. The third-order valence-electron chi connectivity index (χ3n) is 6.64. The number of aliphatic carboxylic acids is 1. The standard InChI is InChI=1S/C30H29F2N3O2/c1-3-20-6-4-5-7-27(20)35-13-12-22-16-21(23(17-33)18-34-2)9-10-24(22)30(35)29-25(31)14-19(15-26(29)32)8-11-28(36)37/h4-11,14-18,30,33-34H,3,12-13H2,1-2H3,(H,36,37)/b11-8+,23-18+,33-17?. The molecule has 0 fully saturated rings. The predicted octanol–water partition coefficient (Wildman–Crippen LogP) is 5.99. The first-order valence-corrected chi connectivity index (χ1v) is 12.1. The summed E-state index contributed by atoms with van der Waals surface area (Å²) in [6, 6.07) is 15.3. The van der Waals surface area contributed by atoms with Gasteiger partial charge in [0.05, 0.1) is 11.6 Å². The van der Waals surface area contributed by atoms with Gasteiger partial charge in [-0.1, -0.05) is 43.3 Å². The second kappa shape index (κ2) is 11.2. The molecule has 1 aliphatic rings. The Labute approximate surface area is 215 Å². The van der Waals surface area contributed by atoms with Crippen LogP contribution in [-0.2, 0) is 17.6 Å². The maximum absolute atomic E-state index is 15.7. The van der Waals surface area contributed by atoms with Crippen molar-refractivity contribution in [3.63, 3.8) is 0 Å². The minimum Gasteiger partial charge on any atom is -0.478 e. The molecule has 1 atom stereocenters. The molecule has 5 nitrogen and oxygen atoms in total. The van der Waals surface area contributed by atoms with E-state index in [4.69, 9.17) is 10.5 Å². The van der Waals surface area contributed by atoms with Crippen molar-refractivity contribution in [3.8, 4) is 0 Å². The second-order valence-electron chi connectivity index (χ2n) is 8.84. The van der Waals surface area contributed by atoms with Crippen LogP contribution in [0.1, 0.15) is 46.3 Å². The Kier molecular flexibility index (Phi) is 7.82. The summed E-state index contributed by atoms with van der Waals surface area (Å²) in [7, 11) is 1.77. The van der Waals surface area contributed by atoms with E-state index in [1.807, 2.05) is 42.5 Å². The number of carboxylic acids is 1. The number of carboxylic acid groups (broad SMARTS) is 1. The Bertz CT molecular complexity index is 1370. The van der Waals surface area contributed by atoms with E-state index in [0.29, 0.717) is 18.5 Å². The predicted molar refractivity (Wildman–Crippen MR) is 144 cm³/mol. The van der Waals surface area contributed by atoms with Crippen molar-refractivity contribution >= 4 is 29.5 Å². The fraction of sp³-hybridized carbons (Fsp3) is 0.200. The molecular formula is C30H29F2N3O2. The zero-order valence-corrected chi connectivity index (χ0v) is 20.8. The van der Waals surface area contributed by atoms with E-state index in [1.54, 1.807) is 13.2 Å². The van der Waals surface area contributed by atoms with Gasteiger partial charge in [-0.2, -0.15) is 0 Å². The van der Waals surface area contributed by atoms with E-state index >= 15 is 8.78 Å². The van der Waals surface area contributed by atoms with Gasteiger partial charge in [0.15, 0.2) is 0 Å². The molecule has 0 saturated heterocycles. The number of halogens is 2. The van der Waals surface area contributed by atoms with Crippen LogP contribution in [0.25, 0.3) is 11.6 Å². The number of anilines is 1. The third kappa shape index (κ3) is 5.31. The summed E-state index contributed by atoms with van der Waals surface area (Å²) in [5.41, 5.74) is 5.37. The monoisotopic (exact) mass is 501 g/mol. The highest BCUT2D eigenvalue weighted by Crippen LogP contribution is 2.42. The minimum atomic E-state index is -1.19. The minimum absolute atomic E-state index is 0.0786. The number of fused-ring (bicyclic) bond motifs is 1. The Hall–Kier alpha value is -4.26. The molecule has 1 aliphatic heterocycles. The van der Waals surface area contributed by atoms with E-state index < -0.39 is 23.6 Å². The molecule has 7 heteroatoms. The zero-order valence-electron chi connectivity index (χ0n) is 20.8. The summed E-state index contributed by atoms with van der Waals surface area (Å²) < 4.78 is 31.3. The first kappa shape index (κ1) is 25.8. The molecule has 1 unspecified atom stereocenters. The van der Waals surface area contributed by atoms with Gasteiger partial charge in [-0.25, -0.2) is 13.6 Å². The fourth-order valence-corrected chi connectivity index (χ4v) is 4.96. The van der Waals surface area contributed by atoms with Crippen molar-refractivity contribution in [3.05, 3.63) is 112 Å². The van der Waals surface area contributed by atoms with Gasteiger partial charge in [0.25, 0.3) is 0 Å². The van der Waals surface area contributed by atoms with Gasteiger partial charge in [0, 0.05) is 43.3 Å². The molecule has 3 N–H and O–H groups in total. The first-order chi connectivity index (χ1) is 17.9. The number of hydrogen-bond acceptors (Lipinski definition) is 4. The molecule has 190 valence electrons. The van der Waals surface area contributed by atoms with Crippen LogP contribution in [0.5, 0.6) is 0 Å². The highest BCUT2D eigenvalue weighted by atomic mass is 19.1. The summed E-state index contributed by atoms with van der Waals surface area (Å²) in [5.74, 6) is -2.66. The SMILES string of the molecule is CCc1ccccc1N1CCc2cc(/C(C=N)=C/NC)ccc2C1c1c(F)cc(/C=C/C(=O)O)cc1F. The summed E-state index contributed by atoms with van der Waals surface area (Å²) in [5, 5.41) is 19.6. The van der Waals surface area contributed by atoms with Crippen molar-refractivity contribution in [2.24, 2.45) is 0 Å². The number of nitrogens with zero attached hydrogens (tertiary/aromatic N) is 1. The Balaban J connectivity index is 1.91. The van der Waals surface area contributed by atoms with Crippen molar-refractivity contribution < 1.29 is 18.7 Å². The highest BCUT2D eigenvalue weighted by molar-refractivity contribution is 6.08. The molecule has 0 amide bonds. The Morgan fingerprint density at radius 3 is 2.54 bits per heavy atom. The lowest BCUT2D eigenvalue weighted by atomic mass is 9.84. The van der Waals surface area contributed by atoms with E-state index in [2.05, 4.69) is 17.1 Å². The number of nitrogens with one attached hydrogen (secondary N) is 2. The van der Waals surface area contributed by atoms with Gasteiger partial charge in [0.1, 0.15) is 11.6 Å². The lowest BCUT2D eigenvalue weighted by molar-refractivity contribution is -0.131. The largest absolute Gasteiger partial charge is 0.478 e. The number of aryl methyl sites for hydroxylation is 1. The molecule has 1 heterocycles. The quantitative estimate of drug-likeness (QED) is 0.262. The smallest absolute Gasteiger partial charge is 0.328 e. The van der Waals surface area contributed by atoms with Crippen LogP contribution in [0, 0.1) is 17.0 Å². The molecule has 0 aliphatic carbocycles. The van der Waals surface area contributed by atoms with Gasteiger partial charge in [-0.05, 0) is 64.9 Å². The van der Waals surface area contributed by atoms with Crippen LogP contribution in [0.4, 0.5) is 14.5 Å². The molecule has 0 aromatic heterocycles. The average molecular weight is 502 g/mol. The number of hydrogen-bond donors (Lipinski definition) is 3. The lowest BCUT2D eigenvalue weighted by Gasteiger charge is -2.40. The lowest BCUT2D eigenvalue weighted by Crippen LogP contribution is -2.38. The molecule has 4 rings (SSSR count). The molecule has 3 aromatic carbocycles. The summed E-state index contributed by atoms with van der Waals surface area (Å²) in [6.45, 7) is 2.60. The topological polar surface area (TPSA) is 76.4 Å². The number of para-hydroxylation sites is 1. The summed E-state index contributed by atoms with van der Waals surface area (Å²) in [6.07, 6.45) is 6.48. The summed E-state index contributed by atoms with van der Waals surface area (Å²) >= 11 is 0. The van der Waals surface area contributed by atoms with Crippen LogP contribution < -0.4 is 10.2 Å². The van der Waals surface area contributed by atoms with Crippen LogP contribution >= 0.6 is 0 Å². The molecule has 0 bridgehead atoms.